The number of aliphatic hydroxyl groups is 1. The lowest BCUT2D eigenvalue weighted by Gasteiger charge is -2.42. The third kappa shape index (κ3) is 4.43. The van der Waals surface area contributed by atoms with Crippen molar-refractivity contribution in [2.45, 2.75) is 31.9 Å². The average molecular weight is 475 g/mol. The van der Waals surface area contributed by atoms with E-state index in [1.54, 1.807) is 30.5 Å². The molecule has 10 nitrogen and oxygen atoms in total. The van der Waals surface area contributed by atoms with Crippen molar-refractivity contribution in [1.29, 1.82) is 0 Å². The van der Waals surface area contributed by atoms with Gasteiger partial charge < -0.3 is 30.6 Å². The number of ether oxygens (including phenoxy) is 1. The molecule has 1 atom stereocenters. The van der Waals surface area contributed by atoms with Crippen LogP contribution in [0.2, 0.25) is 0 Å². The van der Waals surface area contributed by atoms with Gasteiger partial charge in [0, 0.05) is 30.5 Å². The molecule has 2 aromatic heterocycles. The number of carbonyl (C=O) groups excluding carboxylic acids is 1. The number of hydrogen-bond acceptors (Lipinski definition) is 9. The Hall–Kier alpha value is -3.94. The van der Waals surface area contributed by atoms with Gasteiger partial charge in [-0.15, -0.1) is 0 Å². The zero-order valence-electron chi connectivity index (χ0n) is 19.1. The molecule has 1 saturated heterocycles. The molecule has 10 heteroatoms. The van der Waals surface area contributed by atoms with E-state index >= 15 is 0 Å². The Balaban J connectivity index is 1.20. The van der Waals surface area contributed by atoms with Crippen LogP contribution in [0.4, 0.5) is 5.82 Å². The summed E-state index contributed by atoms with van der Waals surface area (Å²) in [5.41, 5.74) is 13.9. The van der Waals surface area contributed by atoms with Crippen LogP contribution in [0.3, 0.4) is 0 Å². The van der Waals surface area contributed by atoms with Crippen molar-refractivity contribution in [3.63, 3.8) is 0 Å². The first kappa shape index (κ1) is 22.8. The van der Waals surface area contributed by atoms with Crippen LogP contribution in [0.15, 0.2) is 41.3 Å². The number of carbonyl (C=O) groups is 1. The van der Waals surface area contributed by atoms with E-state index in [9.17, 15) is 9.90 Å². The molecule has 5 rings (SSSR count). The SMILES string of the molecule is NC(=O)c1ccc(OCC#Cc2cnc(N3CCC4(CC3)Cc3ocnc3C4N)c(CO)n2)cc1. The molecule has 3 aromatic rings. The van der Waals surface area contributed by atoms with Crippen molar-refractivity contribution in [3.8, 4) is 17.6 Å². The quantitative estimate of drug-likeness (QED) is 0.465. The van der Waals surface area contributed by atoms with Crippen molar-refractivity contribution in [2.24, 2.45) is 16.9 Å². The van der Waals surface area contributed by atoms with Crippen LogP contribution in [-0.2, 0) is 13.0 Å². The maximum atomic E-state index is 11.1. The fraction of sp³-hybridized carbons (Fsp3) is 0.360. The third-order valence-electron chi connectivity index (χ3n) is 6.84. The number of primary amides is 1. The number of benzene rings is 1. The summed E-state index contributed by atoms with van der Waals surface area (Å²) in [6.07, 6.45) is 5.64. The summed E-state index contributed by atoms with van der Waals surface area (Å²) in [6.45, 7) is 1.41. The van der Waals surface area contributed by atoms with Crippen LogP contribution >= 0.6 is 0 Å². The molecule has 1 amide bonds. The molecule has 1 spiro atoms. The molecule has 1 aromatic carbocycles. The van der Waals surface area contributed by atoms with E-state index in [0.717, 1.165) is 43.8 Å². The monoisotopic (exact) mass is 474 g/mol. The first-order valence-electron chi connectivity index (χ1n) is 11.4. The van der Waals surface area contributed by atoms with Gasteiger partial charge in [-0.2, -0.15) is 0 Å². The lowest BCUT2D eigenvalue weighted by Crippen LogP contribution is -2.45. The van der Waals surface area contributed by atoms with E-state index < -0.39 is 5.91 Å². The van der Waals surface area contributed by atoms with Gasteiger partial charge in [-0.25, -0.2) is 15.0 Å². The predicted molar refractivity (Wildman–Crippen MR) is 126 cm³/mol. The summed E-state index contributed by atoms with van der Waals surface area (Å²) < 4.78 is 11.1. The number of hydrogen-bond donors (Lipinski definition) is 3. The summed E-state index contributed by atoms with van der Waals surface area (Å²) in [6, 6.07) is 6.38. The van der Waals surface area contributed by atoms with Crippen molar-refractivity contribution in [1.82, 2.24) is 15.0 Å². The highest BCUT2D eigenvalue weighted by Gasteiger charge is 2.48. The third-order valence-corrected chi connectivity index (χ3v) is 6.84. The van der Waals surface area contributed by atoms with E-state index in [2.05, 4.69) is 31.7 Å². The first-order chi connectivity index (χ1) is 17.0. The van der Waals surface area contributed by atoms with Gasteiger partial charge in [0.2, 0.25) is 5.91 Å². The lowest BCUT2D eigenvalue weighted by atomic mass is 9.73. The molecule has 1 unspecified atom stereocenters. The molecule has 2 aliphatic rings. The number of oxazole rings is 1. The highest BCUT2D eigenvalue weighted by atomic mass is 16.5. The lowest BCUT2D eigenvalue weighted by molar-refractivity contribution is 0.1000. The predicted octanol–water partition coefficient (Wildman–Crippen LogP) is 1.33. The van der Waals surface area contributed by atoms with Crippen LogP contribution < -0.4 is 21.1 Å². The fourth-order valence-corrected chi connectivity index (χ4v) is 4.85. The minimum atomic E-state index is -0.492. The number of nitrogens with two attached hydrogens (primary N) is 2. The Morgan fingerprint density at radius 1 is 1.26 bits per heavy atom. The number of amides is 1. The number of rotatable bonds is 5. The summed E-state index contributed by atoms with van der Waals surface area (Å²) >= 11 is 0. The average Bonchev–Trinajstić information content (AvgIpc) is 3.43. The minimum absolute atomic E-state index is 0.0443. The molecule has 1 aliphatic carbocycles. The molecular formula is C25H26N6O4. The van der Waals surface area contributed by atoms with E-state index in [4.69, 9.17) is 20.6 Å². The van der Waals surface area contributed by atoms with Crippen molar-refractivity contribution in [3.05, 3.63) is 65.3 Å². The van der Waals surface area contributed by atoms with Gasteiger partial charge in [0.05, 0.1) is 24.5 Å². The zero-order valence-corrected chi connectivity index (χ0v) is 19.1. The Labute approximate surface area is 202 Å². The molecule has 1 aliphatic heterocycles. The van der Waals surface area contributed by atoms with Crippen molar-refractivity contribution < 1.29 is 19.1 Å². The second-order valence-corrected chi connectivity index (χ2v) is 8.83. The van der Waals surface area contributed by atoms with Gasteiger partial charge in [0.15, 0.2) is 12.2 Å². The van der Waals surface area contributed by atoms with Gasteiger partial charge in [-0.3, -0.25) is 4.79 Å². The van der Waals surface area contributed by atoms with Gasteiger partial charge in [-0.05, 0) is 43.0 Å². The van der Waals surface area contributed by atoms with Crippen LogP contribution in [-0.4, -0.2) is 45.7 Å². The first-order valence-corrected chi connectivity index (χ1v) is 11.4. The Morgan fingerprint density at radius 2 is 2.03 bits per heavy atom. The van der Waals surface area contributed by atoms with E-state index in [-0.39, 0.29) is 24.7 Å². The Kier molecular flexibility index (Phi) is 6.11. The maximum absolute atomic E-state index is 11.1. The number of anilines is 1. The second-order valence-electron chi connectivity index (χ2n) is 8.83. The molecule has 3 heterocycles. The standard InChI is InChI=1S/C25H26N6O4/c26-22-21-20(35-15-29-21)12-25(22)7-9-31(10-8-25)24-19(14-32)30-17(13-28-24)2-1-11-34-18-5-3-16(4-6-18)23(27)33/h3-6,13,15,22,32H,7-12,14,26H2,(H2,27,33). The van der Waals surface area contributed by atoms with Gasteiger partial charge in [0.25, 0.3) is 0 Å². The number of fused-ring (bicyclic) bond motifs is 1. The molecule has 180 valence electrons. The van der Waals surface area contributed by atoms with E-state index in [1.165, 1.54) is 6.39 Å². The van der Waals surface area contributed by atoms with Crippen LogP contribution in [0.5, 0.6) is 5.75 Å². The molecule has 0 saturated carbocycles. The Morgan fingerprint density at radius 3 is 2.71 bits per heavy atom. The zero-order chi connectivity index (χ0) is 24.4. The van der Waals surface area contributed by atoms with Gasteiger partial charge in [-0.1, -0.05) is 5.92 Å². The second kappa shape index (κ2) is 9.37. The van der Waals surface area contributed by atoms with E-state index in [0.29, 0.717) is 28.5 Å². The highest BCUT2D eigenvalue weighted by molar-refractivity contribution is 5.92. The Bertz CT molecular complexity index is 1290. The number of piperidine rings is 1. The molecule has 35 heavy (non-hydrogen) atoms. The number of aliphatic hydroxyl groups excluding tert-OH is 1. The van der Waals surface area contributed by atoms with Crippen LogP contribution in [0.25, 0.3) is 0 Å². The normalized spacial score (nSPS) is 18.1. The van der Waals surface area contributed by atoms with Crippen molar-refractivity contribution >= 4 is 11.7 Å². The van der Waals surface area contributed by atoms with Crippen molar-refractivity contribution in [2.75, 3.05) is 24.6 Å². The molecule has 5 N–H and O–H groups in total. The summed E-state index contributed by atoms with van der Waals surface area (Å²) in [7, 11) is 0. The highest BCUT2D eigenvalue weighted by Crippen LogP contribution is 2.50. The molecular weight excluding hydrogens is 448 g/mol. The molecule has 1 fully saturated rings. The van der Waals surface area contributed by atoms with Crippen LogP contribution in [0, 0.1) is 17.3 Å². The van der Waals surface area contributed by atoms with E-state index in [1.807, 2.05) is 0 Å². The van der Waals surface area contributed by atoms with Gasteiger partial charge in [0.1, 0.15) is 29.5 Å². The number of nitrogens with zero attached hydrogens (tertiary/aromatic N) is 4. The minimum Gasteiger partial charge on any atom is -0.481 e. The summed E-state index contributed by atoms with van der Waals surface area (Å²) in [5, 5.41) is 9.92. The van der Waals surface area contributed by atoms with Gasteiger partial charge >= 0.3 is 0 Å². The maximum Gasteiger partial charge on any atom is 0.248 e. The summed E-state index contributed by atoms with van der Waals surface area (Å²) in [4.78, 5) is 26.6. The topological polar surface area (TPSA) is 154 Å². The fourth-order valence-electron chi connectivity index (χ4n) is 4.85. The molecule has 0 radical (unpaired) electrons. The summed E-state index contributed by atoms with van der Waals surface area (Å²) in [5.74, 6) is 7.46. The number of aromatic nitrogens is 3. The smallest absolute Gasteiger partial charge is 0.248 e. The van der Waals surface area contributed by atoms with Crippen LogP contribution in [0.1, 0.15) is 52.1 Å². The molecule has 0 bridgehead atoms. The largest absolute Gasteiger partial charge is 0.481 e.